The molecule has 2 aliphatic heterocycles. The van der Waals surface area contributed by atoms with Crippen LogP contribution in [0, 0.1) is 11.7 Å². The fourth-order valence-corrected chi connectivity index (χ4v) is 8.03. The highest BCUT2D eigenvalue weighted by Crippen LogP contribution is 2.53. The molecule has 0 saturated carbocycles. The SMILES string of the molecule is O=C(Cn1c2c(sc1=O)[C@@H](c1ccc(Cl)cc1)[C@@H]1C(=O)N(c3ccc(F)cc3)C(=O)[C@@H]1S2)Nc1ccc(Cl)cc1. The number of rotatable bonds is 5. The second kappa shape index (κ2) is 10.5. The molecule has 3 heterocycles. The number of anilines is 2. The first-order valence-corrected chi connectivity index (χ1v) is 14.5. The molecule has 40 heavy (non-hydrogen) atoms. The van der Waals surface area contributed by atoms with Crippen LogP contribution in [0.3, 0.4) is 0 Å². The number of nitrogens with zero attached hydrogens (tertiary/aromatic N) is 2. The van der Waals surface area contributed by atoms with Crippen LogP contribution in [0.15, 0.2) is 82.6 Å². The molecule has 0 radical (unpaired) electrons. The van der Waals surface area contributed by atoms with Gasteiger partial charge in [0.25, 0.3) is 0 Å². The zero-order valence-electron chi connectivity index (χ0n) is 20.3. The van der Waals surface area contributed by atoms with Gasteiger partial charge in [0.05, 0.1) is 16.6 Å². The van der Waals surface area contributed by atoms with E-state index in [0.717, 1.165) is 28.0 Å². The zero-order chi connectivity index (χ0) is 28.1. The molecule has 1 saturated heterocycles. The fourth-order valence-electron chi connectivity index (χ4n) is 5.01. The number of carbonyl (C=O) groups excluding carboxylic acids is 3. The highest BCUT2D eigenvalue weighted by molar-refractivity contribution is 8.00. The number of thiazole rings is 1. The summed E-state index contributed by atoms with van der Waals surface area (Å²) in [4.78, 5) is 54.9. The van der Waals surface area contributed by atoms with E-state index in [9.17, 15) is 23.6 Å². The number of nitrogens with one attached hydrogen (secondary N) is 1. The molecule has 6 rings (SSSR count). The van der Waals surface area contributed by atoms with Crippen molar-refractivity contribution in [3.63, 3.8) is 0 Å². The average molecular weight is 615 g/mol. The van der Waals surface area contributed by atoms with Crippen LogP contribution in [0.4, 0.5) is 15.8 Å². The number of amides is 3. The van der Waals surface area contributed by atoms with Gasteiger partial charge in [0.2, 0.25) is 17.7 Å². The summed E-state index contributed by atoms with van der Waals surface area (Å²) < 4.78 is 14.9. The van der Waals surface area contributed by atoms with Crippen molar-refractivity contribution in [2.75, 3.05) is 10.2 Å². The molecule has 0 spiro atoms. The van der Waals surface area contributed by atoms with Gasteiger partial charge in [-0.25, -0.2) is 9.29 Å². The van der Waals surface area contributed by atoms with Crippen molar-refractivity contribution in [1.82, 2.24) is 4.57 Å². The molecule has 4 aromatic rings. The third-order valence-corrected chi connectivity index (χ3v) is 9.90. The maximum absolute atomic E-state index is 13.8. The van der Waals surface area contributed by atoms with Crippen LogP contribution in [-0.2, 0) is 20.9 Å². The molecule has 2 aliphatic rings. The van der Waals surface area contributed by atoms with Crippen molar-refractivity contribution in [1.29, 1.82) is 0 Å². The quantitative estimate of drug-likeness (QED) is 0.288. The van der Waals surface area contributed by atoms with Crippen molar-refractivity contribution in [2.45, 2.75) is 22.7 Å². The van der Waals surface area contributed by atoms with Crippen molar-refractivity contribution >= 4 is 75.4 Å². The Labute approximate surface area is 245 Å². The average Bonchev–Trinajstić information content (AvgIpc) is 3.37. The Kier molecular flexibility index (Phi) is 7.03. The van der Waals surface area contributed by atoms with Gasteiger partial charge >= 0.3 is 4.87 Å². The molecule has 7 nitrogen and oxygen atoms in total. The first-order chi connectivity index (χ1) is 19.2. The van der Waals surface area contributed by atoms with Crippen LogP contribution >= 0.6 is 46.3 Å². The highest BCUT2D eigenvalue weighted by atomic mass is 35.5. The molecule has 0 unspecified atom stereocenters. The smallest absolute Gasteiger partial charge is 0.308 e. The Hall–Kier alpha value is -3.44. The molecule has 202 valence electrons. The van der Waals surface area contributed by atoms with Crippen LogP contribution < -0.4 is 15.1 Å². The largest absolute Gasteiger partial charge is 0.325 e. The minimum absolute atomic E-state index is 0.268. The van der Waals surface area contributed by atoms with Gasteiger partial charge in [-0.15, -0.1) is 0 Å². The van der Waals surface area contributed by atoms with E-state index in [0.29, 0.717) is 31.2 Å². The Morgan fingerprint density at radius 3 is 2.15 bits per heavy atom. The van der Waals surface area contributed by atoms with Crippen LogP contribution in [0.25, 0.3) is 0 Å². The lowest BCUT2D eigenvalue weighted by Crippen LogP contribution is -2.33. The standard InChI is InChI=1S/C28H18Cl2FN3O4S2/c29-15-3-1-14(2-4-15)21-22-23(26(37)34(25(22)36)19-11-7-17(31)8-12-19)39-27-24(21)40-28(38)33(27)13-20(35)32-18-9-5-16(30)6-10-18/h1-12,21-23H,13H2,(H,32,35)/t21-,22-,23+/m0/s1. The van der Waals surface area contributed by atoms with Gasteiger partial charge < -0.3 is 5.32 Å². The summed E-state index contributed by atoms with van der Waals surface area (Å²) in [6.07, 6.45) is 0. The summed E-state index contributed by atoms with van der Waals surface area (Å²) in [6.45, 7) is -0.283. The van der Waals surface area contributed by atoms with E-state index in [-0.39, 0.29) is 17.1 Å². The van der Waals surface area contributed by atoms with Gasteiger partial charge in [0.15, 0.2) is 0 Å². The molecular weight excluding hydrogens is 596 g/mol. The number of aromatic nitrogens is 1. The maximum Gasteiger partial charge on any atom is 0.308 e. The normalized spacial score (nSPS) is 19.9. The Morgan fingerprint density at radius 1 is 0.875 bits per heavy atom. The first-order valence-electron chi connectivity index (χ1n) is 12.1. The Morgan fingerprint density at radius 2 is 1.50 bits per heavy atom. The summed E-state index contributed by atoms with van der Waals surface area (Å²) in [5, 5.41) is 3.37. The third-order valence-electron chi connectivity index (χ3n) is 6.79. The molecule has 1 N–H and O–H groups in total. The number of thioether (sulfide) groups is 1. The summed E-state index contributed by atoms with van der Waals surface area (Å²) in [6, 6.07) is 18.6. The van der Waals surface area contributed by atoms with E-state index in [1.54, 1.807) is 48.5 Å². The van der Waals surface area contributed by atoms with Crippen LogP contribution in [0.5, 0.6) is 0 Å². The summed E-state index contributed by atoms with van der Waals surface area (Å²) in [5.74, 6) is -3.27. The summed E-state index contributed by atoms with van der Waals surface area (Å²) in [5.41, 5.74) is 1.50. The molecule has 0 aliphatic carbocycles. The molecule has 0 bridgehead atoms. The topological polar surface area (TPSA) is 88.5 Å². The molecule has 3 atom stereocenters. The van der Waals surface area contributed by atoms with Crippen molar-refractivity contribution in [3.8, 4) is 0 Å². The van der Waals surface area contributed by atoms with Crippen LogP contribution in [0.1, 0.15) is 16.4 Å². The number of hydrogen-bond acceptors (Lipinski definition) is 6. The van der Waals surface area contributed by atoms with E-state index >= 15 is 0 Å². The van der Waals surface area contributed by atoms with Crippen molar-refractivity contribution < 1.29 is 18.8 Å². The molecule has 12 heteroatoms. The molecule has 1 aromatic heterocycles. The monoisotopic (exact) mass is 613 g/mol. The van der Waals surface area contributed by atoms with E-state index in [4.69, 9.17) is 23.2 Å². The predicted molar refractivity (Wildman–Crippen MR) is 154 cm³/mol. The number of imide groups is 1. The van der Waals surface area contributed by atoms with E-state index < -0.39 is 40.6 Å². The zero-order valence-corrected chi connectivity index (χ0v) is 23.5. The van der Waals surface area contributed by atoms with Gasteiger partial charge in [0.1, 0.15) is 17.6 Å². The van der Waals surface area contributed by atoms with Gasteiger partial charge in [-0.2, -0.15) is 0 Å². The van der Waals surface area contributed by atoms with Gasteiger partial charge in [-0.05, 0) is 66.2 Å². The maximum atomic E-state index is 13.8. The summed E-state index contributed by atoms with van der Waals surface area (Å²) >= 11 is 14.1. The molecule has 3 aromatic carbocycles. The third kappa shape index (κ3) is 4.75. The highest BCUT2D eigenvalue weighted by Gasteiger charge is 2.56. The van der Waals surface area contributed by atoms with Crippen molar-refractivity contribution in [3.05, 3.63) is 109 Å². The Balaban J connectivity index is 1.40. The van der Waals surface area contributed by atoms with Gasteiger partial charge in [-0.3, -0.25) is 23.7 Å². The lowest BCUT2D eigenvalue weighted by molar-refractivity contribution is -0.122. The minimum atomic E-state index is -0.856. The number of halogens is 3. The van der Waals surface area contributed by atoms with Gasteiger partial charge in [0, 0.05) is 26.5 Å². The van der Waals surface area contributed by atoms with Crippen molar-refractivity contribution in [2.24, 2.45) is 5.92 Å². The Bertz CT molecular complexity index is 1710. The molecular formula is C28H18Cl2FN3O4S2. The predicted octanol–water partition coefficient (Wildman–Crippen LogP) is 5.79. The number of carbonyl (C=O) groups is 3. The fraction of sp³-hybridized carbons (Fsp3) is 0.143. The van der Waals surface area contributed by atoms with Crippen LogP contribution in [-0.4, -0.2) is 27.5 Å². The second-order valence-corrected chi connectivity index (χ2v) is 12.3. The van der Waals surface area contributed by atoms with E-state index in [1.807, 2.05) is 0 Å². The number of benzene rings is 3. The van der Waals surface area contributed by atoms with Crippen LogP contribution in [0.2, 0.25) is 10.0 Å². The van der Waals surface area contributed by atoms with E-state index in [1.165, 1.54) is 28.8 Å². The number of fused-ring (bicyclic) bond motifs is 2. The lowest BCUT2D eigenvalue weighted by atomic mass is 9.83. The second-order valence-electron chi connectivity index (χ2n) is 9.26. The molecule has 3 amide bonds. The van der Waals surface area contributed by atoms with Gasteiger partial charge in [-0.1, -0.05) is 58.4 Å². The molecule has 1 fully saturated rings. The van der Waals surface area contributed by atoms with E-state index in [2.05, 4.69) is 5.32 Å². The lowest BCUT2D eigenvalue weighted by Gasteiger charge is -2.30. The summed E-state index contributed by atoms with van der Waals surface area (Å²) in [7, 11) is 0. The first kappa shape index (κ1) is 26.8. The minimum Gasteiger partial charge on any atom is -0.325 e. The number of hydrogen-bond donors (Lipinski definition) is 1.